The number of carbonyl (C=O) groups excluding carboxylic acids is 1. The molecule has 6 nitrogen and oxygen atoms in total. The van der Waals surface area contributed by atoms with E-state index >= 15 is 0 Å². The highest BCUT2D eigenvalue weighted by Gasteiger charge is 2.29. The lowest BCUT2D eigenvalue weighted by atomic mass is 10.2. The summed E-state index contributed by atoms with van der Waals surface area (Å²) in [6.07, 6.45) is 5.77. The van der Waals surface area contributed by atoms with Gasteiger partial charge in [-0.1, -0.05) is 6.07 Å². The van der Waals surface area contributed by atoms with Crippen molar-refractivity contribution in [2.24, 2.45) is 0 Å². The largest absolute Gasteiger partial charge is 0.332 e. The molecule has 3 aromatic rings. The van der Waals surface area contributed by atoms with E-state index in [1.165, 1.54) is 4.88 Å². The monoisotopic (exact) mass is 373 g/mol. The summed E-state index contributed by atoms with van der Waals surface area (Å²) in [6.45, 7) is 2.01. The van der Waals surface area contributed by atoms with Gasteiger partial charge in [0.15, 0.2) is 0 Å². The minimum absolute atomic E-state index is 0.0136. The number of likely N-dealkylation sites (tertiary alicyclic amines) is 1. The molecule has 1 aliphatic heterocycles. The predicted octanol–water partition coefficient (Wildman–Crippen LogP) is 3.44. The van der Waals surface area contributed by atoms with Crippen molar-refractivity contribution in [3.05, 3.63) is 47.0 Å². The highest BCUT2D eigenvalue weighted by atomic mass is 32.1. The van der Waals surface area contributed by atoms with Gasteiger partial charge in [-0.25, -0.2) is 9.78 Å². The number of rotatable bonds is 5. The van der Waals surface area contributed by atoms with Crippen LogP contribution in [0.1, 0.15) is 18.5 Å². The fraction of sp³-hybridized carbons (Fsp3) is 0.353. The molecule has 4 rings (SSSR count). The third kappa shape index (κ3) is 3.74. The van der Waals surface area contributed by atoms with E-state index in [0.29, 0.717) is 6.54 Å². The van der Waals surface area contributed by atoms with Gasteiger partial charge in [-0.2, -0.15) is 5.10 Å². The van der Waals surface area contributed by atoms with Crippen LogP contribution in [0.3, 0.4) is 0 Å². The zero-order chi connectivity index (χ0) is 17.1. The van der Waals surface area contributed by atoms with Crippen molar-refractivity contribution < 1.29 is 4.79 Å². The molecule has 1 aliphatic rings. The number of thiazole rings is 1. The van der Waals surface area contributed by atoms with Crippen LogP contribution in [-0.2, 0) is 13.1 Å². The van der Waals surface area contributed by atoms with Crippen LogP contribution >= 0.6 is 22.7 Å². The maximum Gasteiger partial charge on any atom is 0.318 e. The van der Waals surface area contributed by atoms with Crippen LogP contribution in [0.5, 0.6) is 0 Å². The van der Waals surface area contributed by atoms with Crippen molar-refractivity contribution in [1.82, 2.24) is 25.0 Å². The molecule has 130 valence electrons. The maximum absolute atomic E-state index is 12.6. The summed E-state index contributed by atoms with van der Waals surface area (Å²) in [5.74, 6) is 0. The number of amides is 2. The van der Waals surface area contributed by atoms with Gasteiger partial charge in [0.1, 0.15) is 5.01 Å². The summed E-state index contributed by atoms with van der Waals surface area (Å²) in [4.78, 5) is 20.3. The molecule has 1 fully saturated rings. The van der Waals surface area contributed by atoms with Crippen molar-refractivity contribution in [3.8, 4) is 9.88 Å². The third-order valence-electron chi connectivity index (χ3n) is 4.30. The lowest BCUT2D eigenvalue weighted by Gasteiger charge is -2.24. The van der Waals surface area contributed by atoms with E-state index < -0.39 is 0 Å². The molecule has 3 aromatic heterocycles. The first-order valence-corrected chi connectivity index (χ1v) is 10.1. The van der Waals surface area contributed by atoms with Gasteiger partial charge in [-0.3, -0.25) is 4.68 Å². The minimum Gasteiger partial charge on any atom is -0.332 e. The Hall–Kier alpha value is -2.19. The number of hydrogen-bond acceptors (Lipinski definition) is 5. The minimum atomic E-state index is -0.0136. The smallest absolute Gasteiger partial charge is 0.318 e. The second-order valence-electron chi connectivity index (χ2n) is 6.00. The molecule has 2 amide bonds. The Morgan fingerprint density at radius 1 is 1.36 bits per heavy atom. The van der Waals surface area contributed by atoms with Crippen molar-refractivity contribution >= 4 is 28.7 Å². The normalized spacial score (nSPS) is 17.1. The summed E-state index contributed by atoms with van der Waals surface area (Å²) in [5, 5.41) is 12.3. The van der Waals surface area contributed by atoms with Gasteiger partial charge >= 0.3 is 6.03 Å². The highest BCUT2D eigenvalue weighted by Crippen LogP contribution is 2.27. The maximum atomic E-state index is 12.6. The van der Waals surface area contributed by atoms with Crippen LogP contribution in [0.2, 0.25) is 0 Å². The first kappa shape index (κ1) is 16.3. The number of nitrogens with one attached hydrogen (secondary N) is 1. The van der Waals surface area contributed by atoms with Gasteiger partial charge in [0.05, 0.1) is 29.7 Å². The molecule has 1 atom stereocenters. The lowest BCUT2D eigenvalue weighted by molar-refractivity contribution is 0.185. The zero-order valence-electron chi connectivity index (χ0n) is 13.7. The number of thiophene rings is 1. The van der Waals surface area contributed by atoms with Gasteiger partial charge in [0, 0.05) is 24.3 Å². The average molecular weight is 374 g/mol. The Kier molecular flexibility index (Phi) is 4.80. The molecule has 25 heavy (non-hydrogen) atoms. The molecule has 0 aromatic carbocycles. The van der Waals surface area contributed by atoms with E-state index in [9.17, 15) is 4.79 Å². The molecular weight excluding hydrogens is 354 g/mol. The summed E-state index contributed by atoms with van der Waals surface area (Å²) < 4.78 is 1.89. The molecule has 0 spiro atoms. The quantitative estimate of drug-likeness (QED) is 0.745. The summed E-state index contributed by atoms with van der Waals surface area (Å²) in [7, 11) is 0. The second kappa shape index (κ2) is 7.37. The standard InChI is InChI=1S/C17H19N5OS2/c23-17(22-8-1-4-14(22)11-21-7-3-6-19-21)18-10-13-12-25-16(20-13)15-5-2-9-24-15/h2-3,5-7,9,12,14H,1,4,8,10-11H2,(H,18,23)/t14-/m0/s1. The molecule has 1 saturated heterocycles. The number of nitrogens with zero attached hydrogens (tertiary/aromatic N) is 4. The Bertz CT molecular complexity index is 812. The van der Waals surface area contributed by atoms with Crippen LogP contribution in [0.4, 0.5) is 4.79 Å². The number of aromatic nitrogens is 3. The Morgan fingerprint density at radius 2 is 2.32 bits per heavy atom. The Labute approximate surface area is 154 Å². The highest BCUT2D eigenvalue weighted by molar-refractivity contribution is 7.20. The third-order valence-corrected chi connectivity index (χ3v) is 6.23. The Morgan fingerprint density at radius 3 is 3.12 bits per heavy atom. The average Bonchev–Trinajstić information content (AvgIpc) is 3.39. The van der Waals surface area contributed by atoms with Crippen LogP contribution in [0.25, 0.3) is 9.88 Å². The van der Waals surface area contributed by atoms with Crippen LogP contribution in [0, 0.1) is 0 Å². The molecule has 0 saturated carbocycles. The molecular formula is C17H19N5OS2. The molecule has 1 N–H and O–H groups in total. The lowest BCUT2D eigenvalue weighted by Crippen LogP contribution is -2.44. The predicted molar refractivity (Wildman–Crippen MR) is 99.6 cm³/mol. The van der Waals surface area contributed by atoms with Gasteiger partial charge in [0.2, 0.25) is 0 Å². The van der Waals surface area contributed by atoms with Gasteiger partial charge in [0.25, 0.3) is 0 Å². The van der Waals surface area contributed by atoms with Crippen molar-refractivity contribution in [2.45, 2.75) is 32.0 Å². The molecule has 8 heteroatoms. The first-order valence-electron chi connectivity index (χ1n) is 8.30. The summed E-state index contributed by atoms with van der Waals surface area (Å²) >= 11 is 3.30. The van der Waals surface area contributed by atoms with E-state index in [4.69, 9.17) is 0 Å². The summed E-state index contributed by atoms with van der Waals surface area (Å²) in [6, 6.07) is 6.19. The van der Waals surface area contributed by atoms with E-state index in [-0.39, 0.29) is 12.1 Å². The van der Waals surface area contributed by atoms with Crippen LogP contribution in [0.15, 0.2) is 41.4 Å². The number of urea groups is 1. The Balaban J connectivity index is 1.34. The van der Waals surface area contributed by atoms with E-state index in [2.05, 4.69) is 21.5 Å². The van der Waals surface area contributed by atoms with Gasteiger partial charge in [-0.05, 0) is 30.4 Å². The van der Waals surface area contributed by atoms with Crippen molar-refractivity contribution in [1.29, 1.82) is 0 Å². The van der Waals surface area contributed by atoms with Gasteiger partial charge < -0.3 is 10.2 Å². The number of carbonyl (C=O) groups is 1. The van der Waals surface area contributed by atoms with Crippen molar-refractivity contribution in [3.63, 3.8) is 0 Å². The van der Waals surface area contributed by atoms with E-state index in [1.807, 2.05) is 38.7 Å². The topological polar surface area (TPSA) is 63.1 Å². The molecule has 4 heterocycles. The fourth-order valence-electron chi connectivity index (χ4n) is 3.09. The molecule has 0 aliphatic carbocycles. The molecule has 0 bridgehead atoms. The summed E-state index contributed by atoms with van der Waals surface area (Å²) in [5.41, 5.74) is 0.907. The SMILES string of the molecule is O=C(NCc1csc(-c2cccs2)n1)N1CCC[C@H]1Cn1cccn1. The van der Waals surface area contributed by atoms with Crippen molar-refractivity contribution in [2.75, 3.05) is 6.54 Å². The van der Waals surface area contributed by atoms with E-state index in [0.717, 1.165) is 36.6 Å². The molecule has 0 radical (unpaired) electrons. The molecule has 0 unspecified atom stereocenters. The van der Waals surface area contributed by atoms with Crippen LogP contribution < -0.4 is 5.32 Å². The first-order chi connectivity index (χ1) is 12.3. The van der Waals surface area contributed by atoms with E-state index in [1.54, 1.807) is 28.9 Å². The van der Waals surface area contributed by atoms with Crippen LogP contribution in [-0.4, -0.2) is 38.3 Å². The second-order valence-corrected chi connectivity index (χ2v) is 7.80. The van der Waals surface area contributed by atoms with Gasteiger partial charge in [-0.15, -0.1) is 22.7 Å². The number of hydrogen-bond donors (Lipinski definition) is 1. The fourth-order valence-corrected chi connectivity index (χ4v) is 4.72. The zero-order valence-corrected chi connectivity index (χ0v) is 15.3.